The summed E-state index contributed by atoms with van der Waals surface area (Å²) in [6.07, 6.45) is 1.72. The largest absolute Gasteiger partial charge is 0.489 e. The molecule has 0 aliphatic heterocycles. The lowest BCUT2D eigenvalue weighted by Crippen LogP contribution is -2.41. The number of ether oxygens (including phenoxy) is 2. The third-order valence-corrected chi connectivity index (χ3v) is 3.68. The lowest BCUT2D eigenvalue weighted by atomic mass is 10.2. The molecule has 2 N–H and O–H groups in total. The minimum atomic E-state index is 0.00795. The van der Waals surface area contributed by atoms with Crippen LogP contribution in [-0.2, 0) is 6.54 Å². The number of hydrogen-bond donors (Lipinski definition) is 2. The van der Waals surface area contributed by atoms with E-state index in [0.717, 1.165) is 23.8 Å². The maximum absolute atomic E-state index is 5.95. The molecule has 0 amide bonds. The van der Waals surface area contributed by atoms with Gasteiger partial charge in [0.25, 0.3) is 0 Å². The highest BCUT2D eigenvalue weighted by Gasteiger charge is 2.07. The number of nitrogens with zero attached hydrogens (tertiary/aromatic N) is 2. The summed E-state index contributed by atoms with van der Waals surface area (Å²) in [7, 11) is 1.61. The fourth-order valence-electron chi connectivity index (χ4n) is 2.44. The summed E-state index contributed by atoms with van der Waals surface area (Å²) >= 11 is 0. The highest BCUT2D eigenvalue weighted by molar-refractivity contribution is 5.79. The van der Waals surface area contributed by atoms with Crippen molar-refractivity contribution in [2.45, 2.75) is 33.4 Å². The average Bonchev–Trinajstić information content (AvgIpc) is 2.64. The number of pyridine rings is 1. The molecule has 2 aromatic rings. The van der Waals surface area contributed by atoms with Gasteiger partial charge < -0.3 is 20.1 Å². The van der Waals surface area contributed by atoms with Gasteiger partial charge in [-0.15, -0.1) is 0 Å². The highest BCUT2D eigenvalue weighted by Crippen LogP contribution is 2.15. The summed E-state index contributed by atoms with van der Waals surface area (Å²) in [5.74, 6) is 2.21. The molecule has 1 heterocycles. The van der Waals surface area contributed by atoms with Crippen LogP contribution in [0.2, 0.25) is 0 Å². The van der Waals surface area contributed by atoms with Gasteiger partial charge in [0, 0.05) is 18.3 Å². The lowest BCUT2D eigenvalue weighted by Gasteiger charge is -2.18. The number of aromatic nitrogens is 1. The first kappa shape index (κ1) is 19.6. The van der Waals surface area contributed by atoms with E-state index in [4.69, 9.17) is 9.47 Å². The van der Waals surface area contributed by atoms with Crippen molar-refractivity contribution in [2.24, 2.45) is 4.99 Å². The van der Waals surface area contributed by atoms with Crippen molar-refractivity contribution in [2.75, 3.05) is 20.2 Å². The molecule has 0 radical (unpaired) electrons. The second kappa shape index (κ2) is 10.3. The molecule has 0 saturated heterocycles. The molecule has 0 saturated carbocycles. The van der Waals surface area contributed by atoms with E-state index in [2.05, 4.69) is 33.6 Å². The van der Waals surface area contributed by atoms with E-state index >= 15 is 0 Å². The molecule has 0 aliphatic rings. The third kappa shape index (κ3) is 6.27. The van der Waals surface area contributed by atoms with Crippen molar-refractivity contribution < 1.29 is 9.47 Å². The normalized spacial score (nSPS) is 12.4. The quantitative estimate of drug-likeness (QED) is 0.562. The van der Waals surface area contributed by atoms with Gasteiger partial charge >= 0.3 is 0 Å². The minimum absolute atomic E-state index is 0.00795. The van der Waals surface area contributed by atoms with Gasteiger partial charge in [-0.2, -0.15) is 0 Å². The van der Waals surface area contributed by atoms with Crippen LogP contribution in [-0.4, -0.2) is 37.2 Å². The predicted molar refractivity (Wildman–Crippen MR) is 105 cm³/mol. The lowest BCUT2D eigenvalue weighted by molar-refractivity contribution is 0.223. The van der Waals surface area contributed by atoms with E-state index in [1.54, 1.807) is 13.3 Å². The number of guanidine groups is 1. The summed E-state index contributed by atoms with van der Waals surface area (Å²) in [4.78, 5) is 8.80. The van der Waals surface area contributed by atoms with Gasteiger partial charge in [-0.25, -0.2) is 9.98 Å². The number of aliphatic imine (C=N–C) groups is 1. The van der Waals surface area contributed by atoms with E-state index in [9.17, 15) is 0 Å². The first-order valence-corrected chi connectivity index (χ1v) is 8.85. The zero-order valence-corrected chi connectivity index (χ0v) is 16.0. The van der Waals surface area contributed by atoms with Gasteiger partial charge in [-0.3, -0.25) is 0 Å². The number of rotatable bonds is 8. The van der Waals surface area contributed by atoms with Crippen LogP contribution in [0.15, 0.2) is 47.6 Å². The summed E-state index contributed by atoms with van der Waals surface area (Å²) < 4.78 is 11.2. The SMILES string of the molecule is CCNC(=NCc1cccnc1OC)NCC(C)Oc1cccc(C)c1. The molecule has 0 spiro atoms. The van der Waals surface area contributed by atoms with Crippen molar-refractivity contribution in [1.82, 2.24) is 15.6 Å². The maximum Gasteiger partial charge on any atom is 0.218 e. The number of hydrogen-bond acceptors (Lipinski definition) is 4. The van der Waals surface area contributed by atoms with Crippen LogP contribution >= 0.6 is 0 Å². The van der Waals surface area contributed by atoms with E-state index in [1.807, 2.05) is 44.2 Å². The number of aryl methyl sites for hydroxylation is 1. The van der Waals surface area contributed by atoms with Crippen LogP contribution in [0.1, 0.15) is 25.0 Å². The van der Waals surface area contributed by atoms with Gasteiger partial charge in [-0.1, -0.05) is 18.2 Å². The molecule has 6 heteroatoms. The first-order valence-electron chi connectivity index (χ1n) is 8.85. The Hall–Kier alpha value is -2.76. The second-order valence-electron chi connectivity index (χ2n) is 5.99. The molecule has 6 nitrogen and oxygen atoms in total. The van der Waals surface area contributed by atoms with Crippen LogP contribution in [0.5, 0.6) is 11.6 Å². The first-order chi connectivity index (χ1) is 12.6. The van der Waals surface area contributed by atoms with Crippen LogP contribution in [0.4, 0.5) is 0 Å². The Kier molecular flexibility index (Phi) is 7.74. The molecule has 140 valence electrons. The predicted octanol–water partition coefficient (Wildman–Crippen LogP) is 2.92. The Balaban J connectivity index is 1.92. The standard InChI is InChI=1S/C20H28N4O2/c1-5-21-20(24-14-17-9-7-11-22-19(17)25-4)23-13-16(3)26-18-10-6-8-15(2)12-18/h6-12,16H,5,13-14H2,1-4H3,(H2,21,23,24). The molecule has 0 aliphatic carbocycles. The molecule has 1 atom stereocenters. The van der Waals surface area contributed by atoms with Crippen molar-refractivity contribution in [1.29, 1.82) is 0 Å². The van der Waals surface area contributed by atoms with Crippen molar-refractivity contribution >= 4 is 5.96 Å². The summed E-state index contributed by atoms with van der Waals surface area (Å²) in [5.41, 5.74) is 2.12. The minimum Gasteiger partial charge on any atom is -0.489 e. The Morgan fingerprint density at radius 2 is 2.08 bits per heavy atom. The van der Waals surface area contributed by atoms with E-state index in [-0.39, 0.29) is 6.10 Å². The zero-order chi connectivity index (χ0) is 18.8. The highest BCUT2D eigenvalue weighted by atomic mass is 16.5. The Labute approximate surface area is 155 Å². The Bertz CT molecular complexity index is 718. The molecule has 1 aromatic carbocycles. The monoisotopic (exact) mass is 356 g/mol. The molecular formula is C20H28N4O2. The van der Waals surface area contributed by atoms with E-state index in [0.29, 0.717) is 19.0 Å². The van der Waals surface area contributed by atoms with Gasteiger partial charge in [-0.05, 0) is 44.5 Å². The fraction of sp³-hybridized carbons (Fsp3) is 0.400. The molecular weight excluding hydrogens is 328 g/mol. The van der Waals surface area contributed by atoms with Crippen LogP contribution in [0.3, 0.4) is 0 Å². The second-order valence-corrected chi connectivity index (χ2v) is 5.99. The summed E-state index contributed by atoms with van der Waals surface area (Å²) in [5, 5.41) is 6.56. The van der Waals surface area contributed by atoms with Crippen LogP contribution in [0.25, 0.3) is 0 Å². The van der Waals surface area contributed by atoms with Gasteiger partial charge in [0.05, 0.1) is 20.2 Å². The smallest absolute Gasteiger partial charge is 0.218 e. The molecule has 26 heavy (non-hydrogen) atoms. The summed E-state index contributed by atoms with van der Waals surface area (Å²) in [6, 6.07) is 11.9. The Morgan fingerprint density at radius 1 is 1.23 bits per heavy atom. The molecule has 0 fully saturated rings. The van der Waals surface area contributed by atoms with Crippen molar-refractivity contribution in [3.8, 4) is 11.6 Å². The van der Waals surface area contributed by atoms with Gasteiger partial charge in [0.15, 0.2) is 5.96 Å². The number of nitrogens with one attached hydrogen (secondary N) is 2. The van der Waals surface area contributed by atoms with Crippen molar-refractivity contribution in [3.63, 3.8) is 0 Å². The Morgan fingerprint density at radius 3 is 2.81 bits per heavy atom. The topological polar surface area (TPSA) is 67.8 Å². The molecule has 1 aromatic heterocycles. The summed E-state index contributed by atoms with van der Waals surface area (Å²) in [6.45, 7) is 8.03. The number of methoxy groups -OCH3 is 1. The molecule has 1 unspecified atom stereocenters. The molecule has 2 rings (SSSR count). The van der Waals surface area contributed by atoms with Gasteiger partial charge in [0.2, 0.25) is 5.88 Å². The third-order valence-electron chi connectivity index (χ3n) is 3.68. The van der Waals surface area contributed by atoms with Gasteiger partial charge in [0.1, 0.15) is 11.9 Å². The van der Waals surface area contributed by atoms with Crippen LogP contribution in [0, 0.1) is 6.92 Å². The fourth-order valence-corrected chi connectivity index (χ4v) is 2.44. The van der Waals surface area contributed by atoms with Crippen molar-refractivity contribution in [3.05, 3.63) is 53.7 Å². The maximum atomic E-state index is 5.95. The van der Waals surface area contributed by atoms with E-state index in [1.165, 1.54) is 5.56 Å². The molecule has 0 bridgehead atoms. The number of benzene rings is 1. The average molecular weight is 356 g/mol. The zero-order valence-electron chi connectivity index (χ0n) is 16.0. The van der Waals surface area contributed by atoms with E-state index < -0.39 is 0 Å². The van der Waals surface area contributed by atoms with Crippen LogP contribution < -0.4 is 20.1 Å².